The molecule has 0 aromatic heterocycles. The number of benzene rings is 1. The summed E-state index contributed by atoms with van der Waals surface area (Å²) in [5.41, 5.74) is 0.451. The lowest BCUT2D eigenvalue weighted by Gasteiger charge is -2.07. The van der Waals surface area contributed by atoms with Crippen LogP contribution in [0.25, 0.3) is 0 Å². The zero-order chi connectivity index (χ0) is 14.3. The number of anilines is 1. The van der Waals surface area contributed by atoms with Gasteiger partial charge in [0.25, 0.3) is 0 Å². The minimum atomic E-state index is -0.437. The summed E-state index contributed by atoms with van der Waals surface area (Å²) < 4.78 is 4.77. The van der Waals surface area contributed by atoms with Crippen LogP contribution in [0.5, 0.6) is 0 Å². The van der Waals surface area contributed by atoms with Gasteiger partial charge in [-0.2, -0.15) is 0 Å². The summed E-state index contributed by atoms with van der Waals surface area (Å²) in [4.78, 5) is 23.0. The Morgan fingerprint density at radius 1 is 1.16 bits per heavy atom. The van der Waals surface area contributed by atoms with Crippen molar-refractivity contribution in [1.82, 2.24) is 5.32 Å². The molecule has 0 bridgehead atoms. The third kappa shape index (κ3) is 6.42. The Bertz CT molecular complexity index is 446. The SMILES string of the molecule is COCCNC(=O)CC(=O)Nc1cc(Cl)cc(Cl)c1. The largest absolute Gasteiger partial charge is 0.383 e. The lowest BCUT2D eigenvalue weighted by Crippen LogP contribution is -2.30. The maximum absolute atomic E-state index is 11.6. The smallest absolute Gasteiger partial charge is 0.233 e. The van der Waals surface area contributed by atoms with E-state index in [0.717, 1.165) is 0 Å². The van der Waals surface area contributed by atoms with Crippen LogP contribution in [-0.4, -0.2) is 32.1 Å². The van der Waals surface area contributed by atoms with Gasteiger partial charge in [0.1, 0.15) is 6.42 Å². The fourth-order valence-electron chi connectivity index (χ4n) is 1.33. The van der Waals surface area contributed by atoms with Crippen LogP contribution in [0.2, 0.25) is 10.0 Å². The summed E-state index contributed by atoms with van der Waals surface area (Å²) in [6.45, 7) is 0.767. The standard InChI is InChI=1S/C12H14Cl2N2O3/c1-19-3-2-15-11(17)7-12(18)16-10-5-8(13)4-9(14)6-10/h4-6H,2-3,7H2,1H3,(H,15,17)(H,16,18). The molecule has 5 nitrogen and oxygen atoms in total. The van der Waals surface area contributed by atoms with Gasteiger partial charge in [-0.1, -0.05) is 23.2 Å². The zero-order valence-corrected chi connectivity index (χ0v) is 11.8. The highest BCUT2D eigenvalue weighted by molar-refractivity contribution is 6.35. The number of halogens is 2. The topological polar surface area (TPSA) is 67.4 Å². The number of rotatable bonds is 6. The molecule has 0 heterocycles. The lowest BCUT2D eigenvalue weighted by atomic mass is 10.3. The van der Waals surface area contributed by atoms with Crippen molar-refractivity contribution in [3.05, 3.63) is 28.2 Å². The average molecular weight is 305 g/mol. The Morgan fingerprint density at radius 3 is 2.37 bits per heavy atom. The van der Waals surface area contributed by atoms with E-state index in [-0.39, 0.29) is 12.3 Å². The molecule has 0 saturated heterocycles. The van der Waals surface area contributed by atoms with Gasteiger partial charge in [-0.15, -0.1) is 0 Å². The second-order valence-electron chi connectivity index (χ2n) is 3.73. The van der Waals surface area contributed by atoms with Gasteiger partial charge in [0, 0.05) is 29.4 Å². The van der Waals surface area contributed by atoms with Gasteiger partial charge in [0.05, 0.1) is 6.61 Å². The number of hydrogen-bond donors (Lipinski definition) is 2. The molecule has 0 unspecified atom stereocenters. The van der Waals surface area contributed by atoms with Crippen molar-refractivity contribution in [1.29, 1.82) is 0 Å². The number of carbonyl (C=O) groups is 2. The lowest BCUT2D eigenvalue weighted by molar-refractivity contribution is -0.126. The van der Waals surface area contributed by atoms with E-state index in [1.807, 2.05) is 0 Å². The van der Waals surface area contributed by atoms with Gasteiger partial charge in [0.2, 0.25) is 11.8 Å². The van der Waals surface area contributed by atoms with Crippen molar-refractivity contribution >= 4 is 40.7 Å². The highest BCUT2D eigenvalue weighted by Crippen LogP contribution is 2.22. The number of ether oxygens (including phenoxy) is 1. The Morgan fingerprint density at radius 2 is 1.79 bits per heavy atom. The predicted molar refractivity (Wildman–Crippen MR) is 74.6 cm³/mol. The van der Waals surface area contributed by atoms with Crippen LogP contribution >= 0.6 is 23.2 Å². The van der Waals surface area contributed by atoms with E-state index >= 15 is 0 Å². The molecule has 2 N–H and O–H groups in total. The Hall–Kier alpha value is -1.30. The summed E-state index contributed by atoms with van der Waals surface area (Å²) in [7, 11) is 1.53. The molecule has 0 aliphatic rings. The van der Waals surface area contributed by atoms with Crippen molar-refractivity contribution in [3.63, 3.8) is 0 Å². The maximum atomic E-state index is 11.6. The molecule has 0 aliphatic heterocycles. The molecular weight excluding hydrogens is 291 g/mol. The third-order valence-electron chi connectivity index (χ3n) is 2.10. The maximum Gasteiger partial charge on any atom is 0.233 e. The molecule has 0 atom stereocenters. The van der Waals surface area contributed by atoms with Crippen molar-refractivity contribution < 1.29 is 14.3 Å². The van der Waals surface area contributed by atoms with E-state index in [1.54, 1.807) is 18.2 Å². The van der Waals surface area contributed by atoms with Crippen molar-refractivity contribution in [2.75, 3.05) is 25.6 Å². The molecule has 0 fully saturated rings. The molecular formula is C12H14Cl2N2O3. The summed E-state index contributed by atoms with van der Waals surface area (Å²) in [6, 6.07) is 4.65. The number of nitrogens with one attached hydrogen (secondary N) is 2. The quantitative estimate of drug-likeness (QED) is 0.624. The fraction of sp³-hybridized carbons (Fsp3) is 0.333. The first-order valence-electron chi connectivity index (χ1n) is 5.53. The molecule has 1 aromatic carbocycles. The molecule has 0 radical (unpaired) electrons. The van der Waals surface area contributed by atoms with Crippen molar-refractivity contribution in [2.45, 2.75) is 6.42 Å². The first-order chi connectivity index (χ1) is 9.01. The van der Waals surface area contributed by atoms with E-state index in [0.29, 0.717) is 28.9 Å². The molecule has 104 valence electrons. The third-order valence-corrected chi connectivity index (χ3v) is 2.53. The van der Waals surface area contributed by atoms with Gasteiger partial charge < -0.3 is 15.4 Å². The monoisotopic (exact) mass is 304 g/mol. The van der Waals surface area contributed by atoms with Crippen LogP contribution < -0.4 is 10.6 Å². The van der Waals surface area contributed by atoms with Crippen LogP contribution in [0.3, 0.4) is 0 Å². The Kier molecular flexibility index (Phi) is 6.62. The second kappa shape index (κ2) is 7.99. The molecule has 0 spiro atoms. The highest BCUT2D eigenvalue weighted by Gasteiger charge is 2.09. The summed E-state index contributed by atoms with van der Waals surface area (Å²) in [6.07, 6.45) is -0.270. The predicted octanol–water partition coefficient (Wildman–Crippen LogP) is 2.08. The first kappa shape index (κ1) is 15.8. The van der Waals surface area contributed by atoms with E-state index in [2.05, 4.69) is 10.6 Å². The van der Waals surface area contributed by atoms with Gasteiger partial charge >= 0.3 is 0 Å². The van der Waals surface area contributed by atoms with Crippen LogP contribution in [0.4, 0.5) is 5.69 Å². The Balaban J connectivity index is 2.44. The second-order valence-corrected chi connectivity index (χ2v) is 4.60. The molecule has 7 heteroatoms. The number of methoxy groups -OCH3 is 1. The first-order valence-corrected chi connectivity index (χ1v) is 6.28. The molecule has 1 rings (SSSR count). The van der Waals surface area contributed by atoms with Gasteiger partial charge in [0.15, 0.2) is 0 Å². The zero-order valence-electron chi connectivity index (χ0n) is 10.3. The summed E-state index contributed by atoms with van der Waals surface area (Å²) in [5, 5.41) is 5.91. The van der Waals surface area contributed by atoms with Gasteiger partial charge in [-0.25, -0.2) is 0 Å². The molecule has 1 aromatic rings. The van der Waals surface area contributed by atoms with Crippen LogP contribution in [0, 0.1) is 0 Å². The van der Waals surface area contributed by atoms with Crippen LogP contribution in [-0.2, 0) is 14.3 Å². The molecule has 19 heavy (non-hydrogen) atoms. The minimum Gasteiger partial charge on any atom is -0.383 e. The highest BCUT2D eigenvalue weighted by atomic mass is 35.5. The molecule has 0 saturated carbocycles. The van der Waals surface area contributed by atoms with Gasteiger partial charge in [-0.3, -0.25) is 9.59 Å². The fourth-order valence-corrected chi connectivity index (χ4v) is 1.86. The number of amides is 2. The molecule has 0 aliphatic carbocycles. The summed E-state index contributed by atoms with van der Waals surface area (Å²) >= 11 is 11.6. The van der Waals surface area contributed by atoms with E-state index < -0.39 is 5.91 Å². The summed E-state index contributed by atoms with van der Waals surface area (Å²) in [5.74, 6) is -0.809. The van der Waals surface area contributed by atoms with Gasteiger partial charge in [-0.05, 0) is 18.2 Å². The Labute approximate surface area is 121 Å². The van der Waals surface area contributed by atoms with Crippen LogP contribution in [0.15, 0.2) is 18.2 Å². The normalized spacial score (nSPS) is 10.1. The minimum absolute atomic E-state index is 0.270. The number of hydrogen-bond acceptors (Lipinski definition) is 3. The van der Waals surface area contributed by atoms with Crippen molar-refractivity contribution in [3.8, 4) is 0 Å². The molecule has 2 amide bonds. The average Bonchev–Trinajstić information content (AvgIpc) is 2.27. The van der Waals surface area contributed by atoms with E-state index in [4.69, 9.17) is 27.9 Å². The van der Waals surface area contributed by atoms with E-state index in [9.17, 15) is 9.59 Å². The number of carbonyl (C=O) groups excluding carboxylic acids is 2. The van der Waals surface area contributed by atoms with E-state index in [1.165, 1.54) is 7.11 Å². The van der Waals surface area contributed by atoms with Crippen LogP contribution in [0.1, 0.15) is 6.42 Å². The van der Waals surface area contributed by atoms with Crippen molar-refractivity contribution in [2.24, 2.45) is 0 Å².